The van der Waals surface area contributed by atoms with E-state index in [9.17, 15) is 9.59 Å². The zero-order valence-electron chi connectivity index (χ0n) is 16.5. The summed E-state index contributed by atoms with van der Waals surface area (Å²) in [6.07, 6.45) is 9.04. The number of carboxylic acid groups (broad SMARTS) is 1. The molecule has 4 N–H and O–H groups in total. The molecule has 4 bridgehead atoms. The summed E-state index contributed by atoms with van der Waals surface area (Å²) in [7, 11) is 0. The van der Waals surface area contributed by atoms with Gasteiger partial charge in [0.25, 0.3) is 5.91 Å². The van der Waals surface area contributed by atoms with Crippen LogP contribution in [0.2, 0.25) is 5.02 Å². The van der Waals surface area contributed by atoms with E-state index in [2.05, 4.69) is 20.9 Å². The Bertz CT molecular complexity index is 750. The lowest BCUT2D eigenvalue weighted by Gasteiger charge is -2.56. The van der Waals surface area contributed by atoms with Crippen molar-refractivity contribution in [3.8, 4) is 0 Å². The van der Waals surface area contributed by atoms with Gasteiger partial charge >= 0.3 is 6.09 Å². The van der Waals surface area contributed by atoms with Gasteiger partial charge in [-0.3, -0.25) is 4.79 Å². The average molecular weight is 421 g/mol. The molecule has 5 rings (SSSR count). The van der Waals surface area contributed by atoms with Gasteiger partial charge in [0, 0.05) is 25.8 Å². The number of aromatic nitrogens is 1. The third kappa shape index (κ3) is 4.60. The SMILES string of the molecule is O=C(O)NCCCNc1nccc(C(=O)NCC23CC4CC(CC(C4)C2)C3)c1Cl. The van der Waals surface area contributed by atoms with Crippen LogP contribution in [-0.4, -0.2) is 41.7 Å². The van der Waals surface area contributed by atoms with E-state index in [1.54, 1.807) is 12.3 Å². The van der Waals surface area contributed by atoms with Crippen molar-refractivity contribution in [2.24, 2.45) is 23.2 Å². The summed E-state index contributed by atoms with van der Waals surface area (Å²) in [6, 6.07) is 1.65. The van der Waals surface area contributed by atoms with Crippen LogP contribution in [0.25, 0.3) is 0 Å². The third-order valence-electron chi connectivity index (χ3n) is 6.85. The van der Waals surface area contributed by atoms with E-state index in [1.165, 1.54) is 38.5 Å². The second-order valence-corrected chi connectivity index (χ2v) is 9.51. The fourth-order valence-electron chi connectivity index (χ4n) is 6.10. The molecule has 4 saturated carbocycles. The maximum absolute atomic E-state index is 12.8. The number of pyridine rings is 1. The molecule has 1 aromatic rings. The van der Waals surface area contributed by atoms with E-state index >= 15 is 0 Å². The van der Waals surface area contributed by atoms with E-state index in [1.807, 2.05) is 0 Å². The number of nitrogens with one attached hydrogen (secondary N) is 3. The molecule has 0 spiro atoms. The summed E-state index contributed by atoms with van der Waals surface area (Å²) in [4.78, 5) is 27.5. The van der Waals surface area contributed by atoms with Crippen molar-refractivity contribution in [1.29, 1.82) is 0 Å². The number of carbonyl (C=O) groups is 2. The number of amides is 2. The highest BCUT2D eigenvalue weighted by atomic mass is 35.5. The Labute approximate surface area is 176 Å². The van der Waals surface area contributed by atoms with Crippen molar-refractivity contribution in [1.82, 2.24) is 15.6 Å². The van der Waals surface area contributed by atoms with Gasteiger partial charge in [0.15, 0.2) is 0 Å². The minimum Gasteiger partial charge on any atom is -0.465 e. The molecule has 4 fully saturated rings. The molecule has 0 atom stereocenters. The number of hydrogen-bond donors (Lipinski definition) is 4. The Kier molecular flexibility index (Phi) is 5.86. The number of nitrogens with zero attached hydrogens (tertiary/aromatic N) is 1. The van der Waals surface area contributed by atoms with E-state index in [-0.39, 0.29) is 11.3 Å². The molecular formula is C21H29ClN4O3. The van der Waals surface area contributed by atoms with Crippen molar-refractivity contribution in [3.63, 3.8) is 0 Å². The maximum Gasteiger partial charge on any atom is 0.404 e. The minimum atomic E-state index is -1.04. The second-order valence-electron chi connectivity index (χ2n) is 9.13. The van der Waals surface area contributed by atoms with Gasteiger partial charge in [-0.15, -0.1) is 0 Å². The van der Waals surface area contributed by atoms with Crippen LogP contribution in [0, 0.1) is 23.2 Å². The monoisotopic (exact) mass is 420 g/mol. The molecule has 1 heterocycles. The van der Waals surface area contributed by atoms with Gasteiger partial charge in [0.2, 0.25) is 0 Å². The normalized spacial score (nSPS) is 29.5. The average Bonchev–Trinajstić information content (AvgIpc) is 2.66. The molecule has 1 aromatic heterocycles. The molecule has 0 aromatic carbocycles. The van der Waals surface area contributed by atoms with Crippen LogP contribution in [0.15, 0.2) is 12.3 Å². The molecule has 158 valence electrons. The van der Waals surface area contributed by atoms with E-state index < -0.39 is 6.09 Å². The molecular weight excluding hydrogens is 392 g/mol. The molecule has 8 heteroatoms. The second kappa shape index (κ2) is 8.38. The Morgan fingerprint density at radius 1 is 1.10 bits per heavy atom. The van der Waals surface area contributed by atoms with Crippen LogP contribution >= 0.6 is 11.6 Å². The third-order valence-corrected chi connectivity index (χ3v) is 7.23. The van der Waals surface area contributed by atoms with E-state index in [0.29, 0.717) is 35.9 Å². The summed E-state index contributed by atoms with van der Waals surface area (Å²) in [6.45, 7) is 1.58. The van der Waals surface area contributed by atoms with Crippen LogP contribution in [0.1, 0.15) is 55.3 Å². The van der Waals surface area contributed by atoms with Gasteiger partial charge in [0.1, 0.15) is 5.82 Å². The zero-order valence-corrected chi connectivity index (χ0v) is 17.3. The van der Waals surface area contributed by atoms with Gasteiger partial charge in [0.05, 0.1) is 10.6 Å². The fourth-order valence-corrected chi connectivity index (χ4v) is 6.37. The first-order chi connectivity index (χ1) is 13.9. The number of carbonyl (C=O) groups excluding carboxylic acids is 1. The van der Waals surface area contributed by atoms with E-state index in [4.69, 9.17) is 16.7 Å². The summed E-state index contributed by atoms with van der Waals surface area (Å²) in [5.74, 6) is 2.87. The lowest BCUT2D eigenvalue weighted by atomic mass is 9.49. The highest BCUT2D eigenvalue weighted by Crippen LogP contribution is 2.59. The molecule has 0 aliphatic heterocycles. The highest BCUT2D eigenvalue weighted by Gasteiger charge is 2.50. The predicted octanol–water partition coefficient (Wildman–Crippen LogP) is 3.75. The predicted molar refractivity (Wildman–Crippen MR) is 111 cm³/mol. The molecule has 29 heavy (non-hydrogen) atoms. The first kappa shape index (κ1) is 20.3. The van der Waals surface area contributed by atoms with Gasteiger partial charge < -0.3 is 21.1 Å². The van der Waals surface area contributed by atoms with E-state index in [0.717, 1.165) is 24.3 Å². The van der Waals surface area contributed by atoms with Crippen LogP contribution in [0.5, 0.6) is 0 Å². The van der Waals surface area contributed by atoms with Crippen LogP contribution in [0.4, 0.5) is 10.6 Å². The molecule has 4 aliphatic rings. The summed E-state index contributed by atoms with van der Waals surface area (Å²) < 4.78 is 0. The minimum absolute atomic E-state index is 0.149. The lowest BCUT2D eigenvalue weighted by Crippen LogP contribution is -2.51. The number of halogens is 1. The lowest BCUT2D eigenvalue weighted by molar-refractivity contribution is -0.0503. The maximum atomic E-state index is 12.8. The first-order valence-corrected chi connectivity index (χ1v) is 11.0. The number of hydrogen-bond acceptors (Lipinski definition) is 4. The smallest absolute Gasteiger partial charge is 0.404 e. The van der Waals surface area contributed by atoms with Gasteiger partial charge in [-0.25, -0.2) is 9.78 Å². The van der Waals surface area contributed by atoms with Crippen LogP contribution in [-0.2, 0) is 0 Å². The highest BCUT2D eigenvalue weighted by molar-refractivity contribution is 6.36. The first-order valence-electron chi connectivity index (χ1n) is 10.6. The molecule has 0 radical (unpaired) electrons. The van der Waals surface area contributed by atoms with Crippen molar-refractivity contribution < 1.29 is 14.7 Å². The van der Waals surface area contributed by atoms with Crippen LogP contribution < -0.4 is 16.0 Å². The molecule has 0 unspecified atom stereocenters. The van der Waals surface area contributed by atoms with Crippen molar-refractivity contribution in [2.45, 2.75) is 44.9 Å². The van der Waals surface area contributed by atoms with Gasteiger partial charge in [-0.2, -0.15) is 0 Å². The van der Waals surface area contributed by atoms with Gasteiger partial charge in [-0.1, -0.05) is 11.6 Å². The number of anilines is 1. The number of rotatable bonds is 8. The van der Waals surface area contributed by atoms with Crippen molar-refractivity contribution in [2.75, 3.05) is 25.0 Å². The van der Waals surface area contributed by atoms with Crippen molar-refractivity contribution >= 4 is 29.4 Å². The topological polar surface area (TPSA) is 103 Å². The molecule has 4 aliphatic carbocycles. The Hall–Kier alpha value is -2.02. The Morgan fingerprint density at radius 3 is 2.38 bits per heavy atom. The summed E-state index contributed by atoms with van der Waals surface area (Å²) >= 11 is 6.43. The molecule has 7 nitrogen and oxygen atoms in total. The Balaban J connectivity index is 1.32. The standard InChI is InChI=1S/C21H29ClN4O3/c22-17-16(2-5-24-18(17)23-3-1-4-25-20(28)29)19(27)26-12-21-9-13-6-14(10-21)8-15(7-13)11-21/h2,5,13-15,25H,1,3-4,6-12H2,(H,23,24)(H,26,27)(H,28,29). The Morgan fingerprint density at radius 2 is 1.76 bits per heavy atom. The molecule has 0 saturated heterocycles. The summed E-state index contributed by atoms with van der Waals surface area (Å²) in [5.41, 5.74) is 0.708. The van der Waals surface area contributed by atoms with Crippen LogP contribution in [0.3, 0.4) is 0 Å². The quantitative estimate of drug-likeness (QED) is 0.479. The van der Waals surface area contributed by atoms with Crippen molar-refractivity contribution in [3.05, 3.63) is 22.8 Å². The molecule has 2 amide bonds. The zero-order chi connectivity index (χ0) is 20.4. The van der Waals surface area contributed by atoms with Gasteiger partial charge in [-0.05, 0) is 74.2 Å². The largest absolute Gasteiger partial charge is 0.465 e. The fraction of sp³-hybridized carbons (Fsp3) is 0.667. The summed E-state index contributed by atoms with van der Waals surface area (Å²) in [5, 5.41) is 17.4.